The Kier molecular flexibility index (Phi) is 4.49. The second-order valence-electron chi connectivity index (χ2n) is 8.65. The van der Waals surface area contributed by atoms with Crippen molar-refractivity contribution in [2.24, 2.45) is 25.9 Å². The Morgan fingerprint density at radius 3 is 2.25 bits per heavy atom. The van der Waals surface area contributed by atoms with Gasteiger partial charge in [0.25, 0.3) is 5.56 Å². The molecule has 0 amide bonds. The van der Waals surface area contributed by atoms with Gasteiger partial charge in [-0.3, -0.25) is 18.3 Å². The van der Waals surface area contributed by atoms with Crippen molar-refractivity contribution in [3.63, 3.8) is 0 Å². The molecule has 0 saturated carbocycles. The van der Waals surface area contributed by atoms with Crippen molar-refractivity contribution in [3.05, 3.63) is 32.2 Å². The molecule has 0 unspecified atom stereocenters. The molecule has 0 aliphatic carbocycles. The van der Waals surface area contributed by atoms with E-state index in [2.05, 4.69) is 30.2 Å². The van der Waals surface area contributed by atoms with Crippen molar-refractivity contribution in [2.75, 3.05) is 19.6 Å². The van der Waals surface area contributed by atoms with Crippen LogP contribution in [0.5, 0.6) is 0 Å². The number of fused-ring (bicyclic) bond motifs is 3. The van der Waals surface area contributed by atoms with E-state index in [-0.39, 0.29) is 11.2 Å². The van der Waals surface area contributed by atoms with Gasteiger partial charge in [-0.1, -0.05) is 13.8 Å². The third-order valence-corrected chi connectivity index (χ3v) is 6.33. The summed E-state index contributed by atoms with van der Waals surface area (Å²) < 4.78 is 6.70. The Hall–Kier alpha value is -2.35. The SMILES string of the molecule is Cc1c(C)n2c3c(=O)n(C)c(=O)n(C)c3nc2n1CCN1C[C@@H](C)C[C@H](C)C1. The lowest BCUT2D eigenvalue weighted by Gasteiger charge is -2.35. The van der Waals surface area contributed by atoms with Crippen molar-refractivity contribution in [3.8, 4) is 0 Å². The van der Waals surface area contributed by atoms with Crippen LogP contribution in [0.2, 0.25) is 0 Å². The number of hydrogen-bond donors (Lipinski definition) is 0. The summed E-state index contributed by atoms with van der Waals surface area (Å²) in [4.78, 5) is 32.3. The van der Waals surface area contributed by atoms with Crippen LogP contribution in [-0.4, -0.2) is 47.6 Å². The standard InChI is InChI=1S/C20H30N6O2/c1-12-9-13(2)11-24(10-12)7-8-25-14(3)15(4)26-16-17(21-19(25)26)22(5)20(28)23(6)18(16)27/h12-13H,7-11H2,1-6H3/t12-,13-/m0/s1. The molecule has 2 atom stereocenters. The average molecular weight is 387 g/mol. The van der Waals surface area contributed by atoms with Crippen LogP contribution in [0.3, 0.4) is 0 Å². The molecule has 0 N–H and O–H groups in total. The summed E-state index contributed by atoms with van der Waals surface area (Å²) in [5, 5.41) is 0. The summed E-state index contributed by atoms with van der Waals surface area (Å²) in [6.45, 7) is 12.8. The molecule has 0 bridgehead atoms. The number of imidazole rings is 2. The maximum absolute atomic E-state index is 12.8. The third-order valence-electron chi connectivity index (χ3n) is 6.33. The number of hydrogen-bond acceptors (Lipinski definition) is 4. The fraction of sp³-hybridized carbons (Fsp3) is 0.650. The summed E-state index contributed by atoms with van der Waals surface area (Å²) in [5.41, 5.74) is 2.37. The first kappa shape index (κ1) is 19.0. The van der Waals surface area contributed by atoms with Crippen molar-refractivity contribution in [2.45, 2.75) is 40.7 Å². The lowest BCUT2D eigenvalue weighted by Crippen LogP contribution is -2.40. The largest absolute Gasteiger partial charge is 0.332 e. The molecule has 8 nitrogen and oxygen atoms in total. The zero-order valence-corrected chi connectivity index (χ0v) is 17.7. The zero-order chi connectivity index (χ0) is 20.3. The first-order valence-electron chi connectivity index (χ1n) is 10.1. The fourth-order valence-corrected chi connectivity index (χ4v) is 4.87. The van der Waals surface area contributed by atoms with E-state index >= 15 is 0 Å². The molecule has 0 spiro atoms. The number of likely N-dealkylation sites (tertiary alicyclic amines) is 1. The number of aromatic nitrogens is 5. The van der Waals surface area contributed by atoms with Gasteiger partial charge in [0.2, 0.25) is 5.78 Å². The average Bonchev–Trinajstić information content (AvgIpc) is 3.13. The molecule has 0 radical (unpaired) electrons. The van der Waals surface area contributed by atoms with Crippen molar-refractivity contribution in [1.82, 2.24) is 28.0 Å². The van der Waals surface area contributed by atoms with E-state index in [1.165, 1.54) is 18.0 Å². The topological polar surface area (TPSA) is 69.5 Å². The molecular formula is C20H30N6O2. The van der Waals surface area contributed by atoms with Gasteiger partial charge in [0.15, 0.2) is 11.2 Å². The molecule has 0 aromatic carbocycles. The Bertz CT molecular complexity index is 1170. The fourth-order valence-electron chi connectivity index (χ4n) is 4.87. The lowest BCUT2D eigenvalue weighted by molar-refractivity contribution is 0.137. The Labute approximate surface area is 164 Å². The maximum Gasteiger partial charge on any atom is 0.332 e. The summed E-state index contributed by atoms with van der Waals surface area (Å²) in [5.74, 6) is 2.19. The van der Waals surface area contributed by atoms with Gasteiger partial charge in [-0.2, -0.15) is 4.98 Å². The van der Waals surface area contributed by atoms with Crippen molar-refractivity contribution < 1.29 is 0 Å². The van der Waals surface area contributed by atoms with E-state index < -0.39 is 0 Å². The van der Waals surface area contributed by atoms with Gasteiger partial charge in [0.1, 0.15) is 0 Å². The molecule has 152 valence electrons. The van der Waals surface area contributed by atoms with Crippen LogP contribution < -0.4 is 11.2 Å². The Balaban J connectivity index is 1.81. The molecule has 1 fully saturated rings. The highest BCUT2D eigenvalue weighted by atomic mass is 16.2. The van der Waals surface area contributed by atoms with Gasteiger partial charge in [0, 0.05) is 51.7 Å². The molecule has 8 heteroatoms. The molecule has 28 heavy (non-hydrogen) atoms. The van der Waals surface area contributed by atoms with E-state index in [1.54, 1.807) is 7.05 Å². The molecule has 1 aliphatic rings. The predicted octanol–water partition coefficient (Wildman–Crippen LogP) is 1.28. The van der Waals surface area contributed by atoms with Crippen LogP contribution in [0.25, 0.3) is 16.9 Å². The van der Waals surface area contributed by atoms with Crippen LogP contribution in [0.4, 0.5) is 0 Å². The smallest absolute Gasteiger partial charge is 0.313 e. The van der Waals surface area contributed by atoms with E-state index in [0.717, 1.165) is 59.7 Å². The first-order chi connectivity index (χ1) is 13.2. The second-order valence-corrected chi connectivity index (χ2v) is 8.65. The predicted molar refractivity (Wildman–Crippen MR) is 110 cm³/mol. The summed E-state index contributed by atoms with van der Waals surface area (Å²) in [7, 11) is 3.18. The van der Waals surface area contributed by atoms with E-state index in [4.69, 9.17) is 4.98 Å². The van der Waals surface area contributed by atoms with Crippen molar-refractivity contribution >= 4 is 16.9 Å². The highest BCUT2D eigenvalue weighted by Gasteiger charge is 2.24. The molecule has 3 aromatic rings. The molecule has 4 heterocycles. The van der Waals surface area contributed by atoms with Crippen molar-refractivity contribution in [1.29, 1.82) is 0 Å². The Morgan fingerprint density at radius 2 is 1.61 bits per heavy atom. The van der Waals surface area contributed by atoms with Crippen LogP contribution in [0, 0.1) is 25.7 Å². The van der Waals surface area contributed by atoms with Crippen LogP contribution >= 0.6 is 0 Å². The van der Waals surface area contributed by atoms with Gasteiger partial charge in [0.05, 0.1) is 0 Å². The molecule has 1 aliphatic heterocycles. The third kappa shape index (κ3) is 2.73. The van der Waals surface area contributed by atoms with Crippen LogP contribution in [0.1, 0.15) is 31.7 Å². The van der Waals surface area contributed by atoms with Gasteiger partial charge in [-0.05, 0) is 32.1 Å². The van der Waals surface area contributed by atoms with Gasteiger partial charge in [-0.25, -0.2) is 4.79 Å². The number of aryl methyl sites for hydroxylation is 2. The van der Waals surface area contributed by atoms with Gasteiger partial charge >= 0.3 is 5.69 Å². The quantitative estimate of drug-likeness (QED) is 0.680. The first-order valence-corrected chi connectivity index (χ1v) is 10.1. The maximum atomic E-state index is 12.8. The highest BCUT2D eigenvalue weighted by molar-refractivity contribution is 5.76. The lowest BCUT2D eigenvalue weighted by atomic mass is 9.92. The monoisotopic (exact) mass is 386 g/mol. The van der Waals surface area contributed by atoms with E-state index in [0.29, 0.717) is 11.2 Å². The van der Waals surface area contributed by atoms with E-state index in [9.17, 15) is 9.59 Å². The highest BCUT2D eigenvalue weighted by Crippen LogP contribution is 2.23. The number of nitrogens with zero attached hydrogens (tertiary/aromatic N) is 6. The molecule has 4 rings (SSSR count). The second kappa shape index (κ2) is 6.62. The minimum atomic E-state index is -0.351. The van der Waals surface area contributed by atoms with Crippen LogP contribution in [0.15, 0.2) is 9.59 Å². The summed E-state index contributed by atoms with van der Waals surface area (Å²) >= 11 is 0. The summed E-state index contributed by atoms with van der Waals surface area (Å²) in [6.07, 6.45) is 1.30. The minimum Gasteiger partial charge on any atom is -0.313 e. The summed E-state index contributed by atoms with van der Waals surface area (Å²) in [6, 6.07) is 0. The number of piperidine rings is 1. The van der Waals surface area contributed by atoms with Gasteiger partial charge < -0.3 is 9.47 Å². The van der Waals surface area contributed by atoms with Crippen LogP contribution in [-0.2, 0) is 20.6 Å². The zero-order valence-electron chi connectivity index (χ0n) is 17.7. The Morgan fingerprint density at radius 1 is 0.964 bits per heavy atom. The number of rotatable bonds is 3. The molecule has 1 saturated heterocycles. The molecular weight excluding hydrogens is 356 g/mol. The van der Waals surface area contributed by atoms with E-state index in [1.807, 2.05) is 11.3 Å². The van der Waals surface area contributed by atoms with Gasteiger partial charge in [-0.15, -0.1) is 0 Å². The normalized spacial score (nSPS) is 21.2. The molecule has 3 aromatic heterocycles. The minimum absolute atomic E-state index is 0.301.